The molecule has 2 rings (SSSR count). The van der Waals surface area contributed by atoms with E-state index < -0.39 is 5.97 Å². The molecule has 0 N–H and O–H groups in total. The minimum absolute atomic E-state index is 0.287. The van der Waals surface area contributed by atoms with Gasteiger partial charge in [-0.3, -0.25) is 0 Å². The van der Waals surface area contributed by atoms with Crippen molar-refractivity contribution in [2.45, 2.75) is 44.1 Å². The number of carbonyl (C=O) groups is 1. The van der Waals surface area contributed by atoms with Gasteiger partial charge < -0.3 is 9.47 Å². The first-order valence-electron chi connectivity index (χ1n) is 9.53. The van der Waals surface area contributed by atoms with Crippen LogP contribution in [0.25, 0.3) is 0 Å². The third kappa shape index (κ3) is 7.28. The smallest absolute Gasteiger partial charge is 0.333 e. The molecular weight excluding hydrogens is 368 g/mol. The quantitative estimate of drug-likeness (QED) is 0.149. The summed E-state index contributed by atoms with van der Waals surface area (Å²) in [5.41, 5.74) is 2.28. The van der Waals surface area contributed by atoms with E-state index in [1.54, 1.807) is 11.8 Å². The number of benzene rings is 2. The Labute approximate surface area is 172 Å². The summed E-state index contributed by atoms with van der Waals surface area (Å²) in [6, 6.07) is 18.5. The van der Waals surface area contributed by atoms with Gasteiger partial charge in [0.1, 0.15) is 0 Å². The van der Waals surface area contributed by atoms with Crippen LogP contribution in [0.5, 0.6) is 0 Å². The molecule has 2 aromatic rings. The van der Waals surface area contributed by atoms with Crippen molar-refractivity contribution in [3.8, 4) is 0 Å². The molecule has 0 fully saturated rings. The average Bonchev–Trinajstić information content (AvgIpc) is 2.73. The van der Waals surface area contributed by atoms with Crippen LogP contribution in [0.2, 0.25) is 0 Å². The molecule has 0 spiro atoms. The fraction of sp³-hybridized carbons (Fsp3) is 0.292. The SMILES string of the molecule is CCCC/C=C(\Sc1ccc(C)cc1)C(O/C=C/C(=O)OC)c1ccccc1. The topological polar surface area (TPSA) is 35.5 Å². The molecule has 1 unspecified atom stereocenters. The van der Waals surface area contributed by atoms with Gasteiger partial charge >= 0.3 is 5.97 Å². The minimum Gasteiger partial charge on any atom is -0.488 e. The molecule has 0 aliphatic carbocycles. The van der Waals surface area contributed by atoms with Crippen LogP contribution in [0.1, 0.15) is 43.4 Å². The lowest BCUT2D eigenvalue weighted by Crippen LogP contribution is -2.04. The zero-order valence-electron chi connectivity index (χ0n) is 16.8. The number of hydrogen-bond acceptors (Lipinski definition) is 4. The Morgan fingerprint density at radius 3 is 2.46 bits per heavy atom. The van der Waals surface area contributed by atoms with Crippen molar-refractivity contribution in [1.82, 2.24) is 0 Å². The minimum atomic E-state index is -0.436. The van der Waals surface area contributed by atoms with E-state index in [0.717, 1.165) is 34.6 Å². The summed E-state index contributed by atoms with van der Waals surface area (Å²) in [6.45, 7) is 4.27. The zero-order valence-corrected chi connectivity index (χ0v) is 17.6. The molecule has 1 atom stereocenters. The molecule has 0 bridgehead atoms. The molecule has 0 radical (unpaired) electrons. The van der Waals surface area contributed by atoms with Crippen molar-refractivity contribution in [2.24, 2.45) is 0 Å². The first kappa shape index (κ1) is 21.8. The first-order valence-corrected chi connectivity index (χ1v) is 10.3. The summed E-state index contributed by atoms with van der Waals surface area (Å²) < 4.78 is 10.7. The standard InChI is InChI=1S/C24H28O3S/c1-4-5-7-12-22(28-21-15-13-19(2)14-16-21)24(20-10-8-6-9-11-20)27-18-17-23(25)26-3/h6,8-18,24H,4-5,7H2,1-3H3/b18-17+,22-12-. The van der Waals surface area contributed by atoms with Crippen molar-refractivity contribution >= 4 is 17.7 Å². The van der Waals surface area contributed by atoms with Gasteiger partial charge in [-0.25, -0.2) is 4.79 Å². The van der Waals surface area contributed by atoms with Crippen molar-refractivity contribution in [3.05, 3.63) is 89.0 Å². The van der Waals surface area contributed by atoms with Crippen molar-refractivity contribution in [3.63, 3.8) is 0 Å². The second-order valence-electron chi connectivity index (χ2n) is 6.42. The van der Waals surface area contributed by atoms with Gasteiger partial charge in [0.05, 0.1) is 19.4 Å². The van der Waals surface area contributed by atoms with Crippen LogP contribution >= 0.6 is 11.8 Å². The number of methoxy groups -OCH3 is 1. The Hall–Kier alpha value is -2.46. The van der Waals surface area contributed by atoms with Crippen LogP contribution in [0, 0.1) is 6.92 Å². The Balaban J connectivity index is 2.32. The van der Waals surface area contributed by atoms with E-state index in [4.69, 9.17) is 4.74 Å². The predicted octanol–water partition coefficient (Wildman–Crippen LogP) is 6.61. The molecule has 0 amide bonds. The van der Waals surface area contributed by atoms with Crippen LogP contribution in [0.3, 0.4) is 0 Å². The van der Waals surface area contributed by atoms with Gasteiger partial charge in [0.25, 0.3) is 0 Å². The monoisotopic (exact) mass is 396 g/mol. The molecule has 0 aliphatic heterocycles. The summed E-state index contributed by atoms with van der Waals surface area (Å²) in [4.78, 5) is 13.7. The molecule has 0 aromatic heterocycles. The summed E-state index contributed by atoms with van der Waals surface area (Å²) in [7, 11) is 1.35. The molecule has 28 heavy (non-hydrogen) atoms. The Bertz CT molecular complexity index is 779. The van der Waals surface area contributed by atoms with Gasteiger partial charge in [0, 0.05) is 9.80 Å². The number of carbonyl (C=O) groups excluding carboxylic acids is 1. The van der Waals surface area contributed by atoms with Crippen molar-refractivity contribution in [2.75, 3.05) is 7.11 Å². The maximum absolute atomic E-state index is 11.4. The highest BCUT2D eigenvalue weighted by Gasteiger charge is 2.18. The van der Waals surface area contributed by atoms with Crippen LogP contribution in [-0.2, 0) is 14.3 Å². The zero-order chi connectivity index (χ0) is 20.2. The fourth-order valence-electron chi connectivity index (χ4n) is 2.57. The van der Waals surface area contributed by atoms with Gasteiger partial charge in [-0.2, -0.15) is 0 Å². The van der Waals surface area contributed by atoms with E-state index in [9.17, 15) is 4.79 Å². The summed E-state index contributed by atoms with van der Waals surface area (Å²) in [5.74, 6) is -0.436. The second-order valence-corrected chi connectivity index (χ2v) is 7.56. The van der Waals surface area contributed by atoms with E-state index in [1.807, 2.05) is 30.3 Å². The lowest BCUT2D eigenvalue weighted by Gasteiger charge is -2.21. The van der Waals surface area contributed by atoms with Crippen molar-refractivity contribution in [1.29, 1.82) is 0 Å². The lowest BCUT2D eigenvalue weighted by atomic mass is 10.1. The van der Waals surface area contributed by atoms with E-state index >= 15 is 0 Å². The van der Waals surface area contributed by atoms with E-state index in [0.29, 0.717) is 0 Å². The van der Waals surface area contributed by atoms with Crippen LogP contribution in [-0.4, -0.2) is 13.1 Å². The maximum Gasteiger partial charge on any atom is 0.333 e. The van der Waals surface area contributed by atoms with Gasteiger partial charge in [0.15, 0.2) is 6.10 Å². The number of rotatable bonds is 10. The Morgan fingerprint density at radius 2 is 1.82 bits per heavy atom. The van der Waals surface area contributed by atoms with E-state index in [-0.39, 0.29) is 6.10 Å². The highest BCUT2D eigenvalue weighted by atomic mass is 32.2. The van der Waals surface area contributed by atoms with Crippen LogP contribution in [0.4, 0.5) is 0 Å². The second kappa shape index (κ2) is 12.1. The van der Waals surface area contributed by atoms with E-state index in [1.165, 1.54) is 25.0 Å². The predicted molar refractivity (Wildman–Crippen MR) is 116 cm³/mol. The number of allylic oxidation sites excluding steroid dienone is 1. The summed E-state index contributed by atoms with van der Waals surface area (Å²) in [6.07, 6.45) is 7.93. The highest BCUT2D eigenvalue weighted by molar-refractivity contribution is 8.03. The third-order valence-electron chi connectivity index (χ3n) is 4.14. The highest BCUT2D eigenvalue weighted by Crippen LogP contribution is 2.39. The molecule has 148 valence electrons. The number of thioether (sulfide) groups is 1. The summed E-state index contributed by atoms with van der Waals surface area (Å²) >= 11 is 1.70. The van der Waals surface area contributed by atoms with Crippen LogP contribution < -0.4 is 0 Å². The molecule has 0 heterocycles. The molecule has 0 saturated heterocycles. The molecule has 4 heteroatoms. The number of esters is 1. The molecule has 0 saturated carbocycles. The van der Waals surface area contributed by atoms with Gasteiger partial charge in [-0.1, -0.05) is 85.6 Å². The Kier molecular flexibility index (Phi) is 9.43. The number of unbranched alkanes of at least 4 members (excludes halogenated alkanes) is 2. The van der Waals surface area contributed by atoms with Gasteiger partial charge in [-0.15, -0.1) is 0 Å². The van der Waals surface area contributed by atoms with Crippen molar-refractivity contribution < 1.29 is 14.3 Å². The number of hydrogen-bond donors (Lipinski definition) is 0. The average molecular weight is 397 g/mol. The molecular formula is C24H28O3S. The van der Waals surface area contributed by atoms with Gasteiger partial charge in [0.2, 0.25) is 0 Å². The van der Waals surface area contributed by atoms with Gasteiger partial charge in [-0.05, 0) is 31.0 Å². The largest absolute Gasteiger partial charge is 0.488 e. The lowest BCUT2D eigenvalue weighted by molar-refractivity contribution is -0.135. The normalized spacial score (nSPS) is 12.8. The van der Waals surface area contributed by atoms with Crippen LogP contribution in [0.15, 0.2) is 82.8 Å². The molecule has 0 aliphatic rings. The first-order chi connectivity index (χ1) is 13.6. The third-order valence-corrected chi connectivity index (χ3v) is 5.26. The molecule has 3 nitrogen and oxygen atoms in total. The number of ether oxygens (including phenoxy) is 2. The number of aryl methyl sites for hydroxylation is 1. The molecule has 2 aromatic carbocycles. The van der Waals surface area contributed by atoms with E-state index in [2.05, 4.69) is 48.9 Å². The fourth-order valence-corrected chi connectivity index (χ4v) is 3.62. The summed E-state index contributed by atoms with van der Waals surface area (Å²) in [5, 5.41) is 0. The Morgan fingerprint density at radius 1 is 1.11 bits per heavy atom. The maximum atomic E-state index is 11.4.